The first-order valence-corrected chi connectivity index (χ1v) is 10.4. The number of esters is 1. The van der Waals surface area contributed by atoms with Crippen molar-refractivity contribution in [3.05, 3.63) is 99.9 Å². The monoisotopic (exact) mass is 460 g/mol. The molecule has 3 aromatic carbocycles. The SMILES string of the molecule is CCCCCc1ccc(/C=C/c2cc(F)c(C(=O)Oc3cc(F)c(F)c(F)c3)c(F)c2)cc1. The zero-order chi connectivity index (χ0) is 24.0. The Morgan fingerprint density at radius 3 is 1.94 bits per heavy atom. The molecule has 0 N–H and O–H groups in total. The average molecular weight is 460 g/mol. The minimum Gasteiger partial charge on any atom is -0.423 e. The molecule has 0 unspecified atom stereocenters. The summed E-state index contributed by atoms with van der Waals surface area (Å²) < 4.78 is 73.0. The van der Waals surface area contributed by atoms with E-state index in [1.807, 2.05) is 24.3 Å². The number of unbranched alkanes of at least 4 members (excludes halogenated alkanes) is 2. The van der Waals surface area contributed by atoms with Crippen molar-refractivity contribution in [1.29, 1.82) is 0 Å². The Morgan fingerprint density at radius 2 is 1.36 bits per heavy atom. The van der Waals surface area contributed by atoms with Crippen molar-refractivity contribution in [2.24, 2.45) is 0 Å². The number of carbonyl (C=O) groups is 1. The molecule has 0 heterocycles. The molecule has 0 aliphatic carbocycles. The van der Waals surface area contributed by atoms with Crippen LogP contribution in [0.25, 0.3) is 12.2 Å². The van der Waals surface area contributed by atoms with Gasteiger partial charge in [0.05, 0.1) is 0 Å². The highest BCUT2D eigenvalue weighted by Crippen LogP contribution is 2.23. The van der Waals surface area contributed by atoms with E-state index in [0.29, 0.717) is 12.1 Å². The minimum absolute atomic E-state index is 0.160. The summed E-state index contributed by atoms with van der Waals surface area (Å²) >= 11 is 0. The predicted octanol–water partition coefficient (Wildman–Crippen LogP) is 7.50. The number of ether oxygens (including phenoxy) is 1. The lowest BCUT2D eigenvalue weighted by Gasteiger charge is -2.08. The Balaban J connectivity index is 1.72. The maximum absolute atomic E-state index is 14.4. The van der Waals surface area contributed by atoms with Crippen LogP contribution in [0.4, 0.5) is 22.0 Å². The van der Waals surface area contributed by atoms with Crippen LogP contribution in [0.1, 0.15) is 53.2 Å². The number of halogens is 5. The van der Waals surface area contributed by atoms with E-state index in [1.165, 1.54) is 18.1 Å². The van der Waals surface area contributed by atoms with Gasteiger partial charge >= 0.3 is 5.97 Å². The van der Waals surface area contributed by atoms with Crippen LogP contribution >= 0.6 is 0 Å². The van der Waals surface area contributed by atoms with Crippen LogP contribution in [-0.2, 0) is 6.42 Å². The molecule has 0 saturated carbocycles. The van der Waals surface area contributed by atoms with Crippen LogP contribution in [0.15, 0.2) is 48.5 Å². The summed E-state index contributed by atoms with van der Waals surface area (Å²) in [7, 11) is 0. The van der Waals surface area contributed by atoms with E-state index in [4.69, 9.17) is 0 Å². The van der Waals surface area contributed by atoms with Gasteiger partial charge in [0.15, 0.2) is 17.5 Å². The number of benzene rings is 3. The lowest BCUT2D eigenvalue weighted by atomic mass is 10.0. The van der Waals surface area contributed by atoms with Crippen molar-refractivity contribution in [2.75, 3.05) is 0 Å². The van der Waals surface area contributed by atoms with Crippen LogP contribution in [0, 0.1) is 29.1 Å². The molecule has 0 fully saturated rings. The molecule has 0 saturated heterocycles. The molecule has 0 amide bonds. The molecule has 0 aliphatic rings. The molecular weight excluding hydrogens is 439 g/mol. The quantitative estimate of drug-likeness (QED) is 0.0869. The highest BCUT2D eigenvalue weighted by molar-refractivity contribution is 5.92. The lowest BCUT2D eigenvalue weighted by Crippen LogP contribution is -2.14. The van der Waals surface area contributed by atoms with Crippen molar-refractivity contribution >= 4 is 18.1 Å². The topological polar surface area (TPSA) is 26.3 Å². The van der Waals surface area contributed by atoms with Gasteiger partial charge in [-0.05, 0) is 41.7 Å². The van der Waals surface area contributed by atoms with Gasteiger partial charge in [0.1, 0.15) is 22.9 Å². The smallest absolute Gasteiger partial charge is 0.349 e. The molecule has 2 nitrogen and oxygen atoms in total. The number of hydrogen-bond donors (Lipinski definition) is 0. The van der Waals surface area contributed by atoms with Gasteiger partial charge in [-0.1, -0.05) is 56.2 Å². The first-order valence-electron chi connectivity index (χ1n) is 10.4. The van der Waals surface area contributed by atoms with Crippen LogP contribution in [0.2, 0.25) is 0 Å². The summed E-state index contributed by atoms with van der Waals surface area (Å²) in [6.07, 6.45) is 7.57. The van der Waals surface area contributed by atoms with Gasteiger partial charge in [-0.3, -0.25) is 0 Å². The van der Waals surface area contributed by atoms with Gasteiger partial charge in [-0.15, -0.1) is 0 Å². The second-order valence-electron chi connectivity index (χ2n) is 7.48. The molecule has 0 aliphatic heterocycles. The zero-order valence-electron chi connectivity index (χ0n) is 17.8. The first-order chi connectivity index (χ1) is 15.8. The van der Waals surface area contributed by atoms with Gasteiger partial charge < -0.3 is 4.74 Å². The molecule has 7 heteroatoms. The Hall–Kier alpha value is -3.48. The summed E-state index contributed by atoms with van der Waals surface area (Å²) in [6, 6.07) is 10.5. The summed E-state index contributed by atoms with van der Waals surface area (Å²) in [5.41, 5.74) is 1.17. The third-order valence-corrected chi connectivity index (χ3v) is 4.95. The summed E-state index contributed by atoms with van der Waals surface area (Å²) in [6.45, 7) is 2.14. The van der Waals surface area contributed by atoms with Crippen molar-refractivity contribution in [3.63, 3.8) is 0 Å². The predicted molar refractivity (Wildman–Crippen MR) is 116 cm³/mol. The number of rotatable bonds is 8. The Labute approximate surface area is 188 Å². The van der Waals surface area contributed by atoms with Gasteiger partial charge in [0.25, 0.3) is 0 Å². The minimum atomic E-state index is -1.76. The van der Waals surface area contributed by atoms with Crippen LogP contribution in [-0.4, -0.2) is 5.97 Å². The molecule has 33 heavy (non-hydrogen) atoms. The standard InChI is InChI=1S/C26H21F5O2/c1-2-3-4-5-16-6-8-17(9-7-16)10-11-18-12-20(27)24(21(28)13-18)26(32)33-19-14-22(29)25(31)23(30)15-19/h6-15H,2-5H2,1H3/b11-10+. The molecular formula is C26H21F5O2. The Kier molecular flexibility index (Phi) is 7.98. The summed E-state index contributed by atoms with van der Waals surface area (Å²) in [5, 5.41) is 0. The van der Waals surface area contributed by atoms with Crippen LogP contribution < -0.4 is 4.74 Å². The van der Waals surface area contributed by atoms with Crippen molar-refractivity contribution in [1.82, 2.24) is 0 Å². The van der Waals surface area contributed by atoms with Crippen molar-refractivity contribution in [3.8, 4) is 5.75 Å². The molecule has 3 rings (SSSR count). The maximum Gasteiger partial charge on any atom is 0.349 e. The lowest BCUT2D eigenvalue weighted by molar-refractivity contribution is 0.0723. The van der Waals surface area contributed by atoms with E-state index in [2.05, 4.69) is 11.7 Å². The molecule has 0 atom stereocenters. The first kappa shape index (κ1) is 24.2. The van der Waals surface area contributed by atoms with Crippen LogP contribution in [0.3, 0.4) is 0 Å². The molecule has 3 aromatic rings. The molecule has 172 valence electrons. The molecule has 0 aromatic heterocycles. The average Bonchev–Trinajstić information content (AvgIpc) is 2.76. The number of carbonyl (C=O) groups excluding carboxylic acids is 1. The van der Waals surface area contributed by atoms with Crippen LogP contribution in [0.5, 0.6) is 5.75 Å². The van der Waals surface area contributed by atoms with Gasteiger partial charge in [0.2, 0.25) is 0 Å². The van der Waals surface area contributed by atoms with E-state index in [-0.39, 0.29) is 5.56 Å². The molecule has 0 spiro atoms. The second-order valence-corrected chi connectivity index (χ2v) is 7.48. The van der Waals surface area contributed by atoms with E-state index >= 15 is 0 Å². The van der Waals surface area contributed by atoms with Gasteiger partial charge in [0, 0.05) is 12.1 Å². The molecule has 0 radical (unpaired) electrons. The largest absolute Gasteiger partial charge is 0.423 e. The maximum atomic E-state index is 14.4. The highest BCUT2D eigenvalue weighted by Gasteiger charge is 2.22. The highest BCUT2D eigenvalue weighted by atomic mass is 19.2. The fourth-order valence-electron chi connectivity index (χ4n) is 3.20. The second kappa shape index (κ2) is 10.9. The van der Waals surface area contributed by atoms with Crippen molar-refractivity contribution in [2.45, 2.75) is 32.6 Å². The number of hydrogen-bond acceptors (Lipinski definition) is 2. The summed E-state index contributed by atoms with van der Waals surface area (Å²) in [4.78, 5) is 12.1. The summed E-state index contributed by atoms with van der Waals surface area (Å²) in [5.74, 6) is -9.62. The van der Waals surface area contributed by atoms with E-state index < -0.39 is 46.4 Å². The molecule has 0 bridgehead atoms. The van der Waals surface area contributed by atoms with E-state index in [1.54, 1.807) is 6.08 Å². The van der Waals surface area contributed by atoms with E-state index in [9.17, 15) is 26.7 Å². The van der Waals surface area contributed by atoms with Gasteiger partial charge in [-0.2, -0.15) is 0 Å². The third kappa shape index (κ3) is 6.28. The van der Waals surface area contributed by atoms with E-state index in [0.717, 1.165) is 37.0 Å². The normalized spacial score (nSPS) is 11.2. The fraction of sp³-hybridized carbons (Fsp3) is 0.192. The fourth-order valence-corrected chi connectivity index (χ4v) is 3.20. The zero-order valence-corrected chi connectivity index (χ0v) is 17.8. The third-order valence-electron chi connectivity index (χ3n) is 4.95. The van der Waals surface area contributed by atoms with Crippen molar-refractivity contribution < 1.29 is 31.5 Å². The number of aryl methyl sites for hydroxylation is 1. The van der Waals surface area contributed by atoms with Gasteiger partial charge in [-0.25, -0.2) is 26.7 Å². The Morgan fingerprint density at radius 1 is 0.788 bits per heavy atom. The Bertz CT molecular complexity index is 1120.